The highest BCUT2D eigenvalue weighted by Gasteiger charge is 2.25. The first kappa shape index (κ1) is 28.9. The third kappa shape index (κ3) is 18.4. The lowest BCUT2D eigenvalue weighted by Gasteiger charge is -2.27. The van der Waals surface area contributed by atoms with Gasteiger partial charge in [0.15, 0.2) is 13.1 Å². The van der Waals surface area contributed by atoms with Gasteiger partial charge in [0, 0.05) is 0 Å². The van der Waals surface area contributed by atoms with E-state index < -0.39 is 0 Å². The molecule has 5 nitrogen and oxygen atoms in total. The predicted octanol–water partition coefficient (Wildman–Crippen LogP) is 5.53. The molecule has 0 rings (SSSR count). The minimum Gasteiger partial charge on any atom is -0.457 e. The van der Waals surface area contributed by atoms with Gasteiger partial charge >= 0.3 is 11.9 Å². The molecule has 0 N–H and O–H groups in total. The van der Waals surface area contributed by atoms with Gasteiger partial charge < -0.3 is 14.0 Å². The van der Waals surface area contributed by atoms with Gasteiger partial charge in [-0.15, -0.1) is 0 Å². The average Bonchev–Trinajstić information content (AvgIpc) is 2.59. The number of esters is 2. The summed E-state index contributed by atoms with van der Waals surface area (Å²) in [6.07, 6.45) is 12.2. The highest BCUT2D eigenvalue weighted by atomic mass is 16.5. The van der Waals surface area contributed by atoms with Crippen LogP contribution in [0.4, 0.5) is 0 Å². The van der Waals surface area contributed by atoms with Crippen LogP contribution in [0.1, 0.15) is 67.2 Å². The molecular formula is C26H44NO4+. The molecular weight excluding hydrogens is 390 g/mol. The standard InChI is InChI=1S/C26H44NO4/c1-21(2)11-9-13-23(5)15-17-30-25(28)19-27(7,8)20-26(29)31-18-16-24(6)14-10-12-22(3)4/h11-12,15-16H,9-10,13-14,17-20H2,1-8H3/q+1/b23-15+,24-16+. The second-order valence-corrected chi connectivity index (χ2v) is 9.36. The third-order valence-corrected chi connectivity index (χ3v) is 4.65. The summed E-state index contributed by atoms with van der Waals surface area (Å²) in [7, 11) is 3.65. The summed E-state index contributed by atoms with van der Waals surface area (Å²) in [5, 5.41) is 0. The van der Waals surface area contributed by atoms with Gasteiger partial charge in [-0.25, -0.2) is 9.59 Å². The van der Waals surface area contributed by atoms with Crippen LogP contribution in [-0.2, 0) is 19.1 Å². The van der Waals surface area contributed by atoms with E-state index in [4.69, 9.17) is 9.47 Å². The monoisotopic (exact) mass is 434 g/mol. The van der Waals surface area contributed by atoms with Gasteiger partial charge in [0.2, 0.25) is 0 Å². The number of quaternary nitrogens is 1. The first-order valence-electron chi connectivity index (χ1n) is 11.1. The number of ether oxygens (including phenoxy) is 2. The molecule has 0 saturated heterocycles. The van der Waals surface area contributed by atoms with E-state index in [1.54, 1.807) is 0 Å². The molecule has 0 spiro atoms. The molecule has 0 bridgehead atoms. The van der Waals surface area contributed by atoms with Crippen LogP contribution in [0.25, 0.3) is 0 Å². The van der Waals surface area contributed by atoms with E-state index >= 15 is 0 Å². The smallest absolute Gasteiger partial charge is 0.362 e. The zero-order valence-electron chi connectivity index (χ0n) is 21.0. The highest BCUT2D eigenvalue weighted by molar-refractivity contribution is 5.73. The molecule has 0 aliphatic heterocycles. The maximum atomic E-state index is 12.1. The molecule has 0 aliphatic carbocycles. The Hall–Kier alpha value is -2.14. The van der Waals surface area contributed by atoms with Gasteiger partial charge in [-0.3, -0.25) is 0 Å². The Bertz CT molecular complexity index is 630. The fraction of sp³-hybridized carbons (Fsp3) is 0.615. The number of hydrogen-bond acceptors (Lipinski definition) is 4. The molecule has 0 aromatic heterocycles. The minimum absolute atomic E-state index is 0.122. The zero-order valence-corrected chi connectivity index (χ0v) is 21.0. The van der Waals surface area contributed by atoms with E-state index in [1.807, 2.05) is 40.1 Å². The summed E-state index contributed by atoms with van der Waals surface area (Å²) in [4.78, 5) is 24.3. The van der Waals surface area contributed by atoms with E-state index in [2.05, 4.69) is 39.8 Å². The molecule has 0 unspecified atom stereocenters. The van der Waals surface area contributed by atoms with Gasteiger partial charge in [0.25, 0.3) is 0 Å². The van der Waals surface area contributed by atoms with Gasteiger partial charge in [-0.05, 0) is 79.4 Å². The average molecular weight is 435 g/mol. The van der Waals surface area contributed by atoms with Crippen molar-refractivity contribution < 1.29 is 23.5 Å². The lowest BCUT2D eigenvalue weighted by Crippen LogP contribution is -2.48. The SMILES string of the molecule is CC(C)=CCC/C(C)=C/COC(=O)C[N+](C)(C)CC(=O)OC/C=C(\C)CCC=C(C)C. The summed E-state index contributed by atoms with van der Waals surface area (Å²) >= 11 is 0. The van der Waals surface area contributed by atoms with Crippen LogP contribution < -0.4 is 0 Å². The molecule has 0 saturated carbocycles. The van der Waals surface area contributed by atoms with Crippen molar-refractivity contribution in [3.63, 3.8) is 0 Å². The third-order valence-electron chi connectivity index (χ3n) is 4.65. The quantitative estimate of drug-likeness (QED) is 0.205. The topological polar surface area (TPSA) is 52.6 Å². The summed E-state index contributed by atoms with van der Waals surface area (Å²) in [6, 6.07) is 0. The second-order valence-electron chi connectivity index (χ2n) is 9.36. The summed E-state index contributed by atoms with van der Waals surface area (Å²) in [6.45, 7) is 13.2. The number of hydrogen-bond donors (Lipinski definition) is 0. The van der Waals surface area contributed by atoms with Crippen molar-refractivity contribution in [2.45, 2.75) is 67.2 Å². The maximum Gasteiger partial charge on any atom is 0.362 e. The molecule has 0 aliphatic rings. The zero-order chi connectivity index (χ0) is 23.9. The van der Waals surface area contributed by atoms with E-state index in [-0.39, 0.29) is 42.7 Å². The molecule has 0 fully saturated rings. The molecule has 0 radical (unpaired) electrons. The highest BCUT2D eigenvalue weighted by Crippen LogP contribution is 2.08. The number of likely N-dealkylation sites (N-methyl/N-ethyl adjacent to an activating group) is 1. The lowest BCUT2D eigenvalue weighted by molar-refractivity contribution is -0.875. The number of allylic oxidation sites excluding steroid dienone is 6. The largest absolute Gasteiger partial charge is 0.457 e. The van der Waals surface area contributed by atoms with Crippen LogP contribution in [-0.4, -0.2) is 56.8 Å². The normalized spacial score (nSPS) is 12.3. The van der Waals surface area contributed by atoms with Gasteiger partial charge in [-0.1, -0.05) is 34.4 Å². The van der Waals surface area contributed by atoms with Crippen molar-refractivity contribution in [1.82, 2.24) is 0 Å². The van der Waals surface area contributed by atoms with Crippen molar-refractivity contribution in [3.8, 4) is 0 Å². The fourth-order valence-electron chi connectivity index (χ4n) is 2.78. The molecule has 0 heterocycles. The summed E-state index contributed by atoms with van der Waals surface area (Å²) in [5.41, 5.74) is 5.02. The Kier molecular flexibility index (Phi) is 14.6. The van der Waals surface area contributed by atoms with E-state index in [0.29, 0.717) is 0 Å². The molecule has 0 atom stereocenters. The van der Waals surface area contributed by atoms with Crippen molar-refractivity contribution in [3.05, 3.63) is 46.6 Å². The predicted molar refractivity (Wildman–Crippen MR) is 129 cm³/mol. The number of carbonyl (C=O) groups is 2. The molecule has 0 aromatic carbocycles. The van der Waals surface area contributed by atoms with Gasteiger partial charge in [0.05, 0.1) is 14.1 Å². The Morgan fingerprint density at radius 3 is 1.32 bits per heavy atom. The molecule has 0 aromatic rings. The van der Waals surface area contributed by atoms with E-state index in [0.717, 1.165) is 25.7 Å². The Morgan fingerprint density at radius 1 is 0.645 bits per heavy atom. The van der Waals surface area contributed by atoms with Crippen LogP contribution >= 0.6 is 0 Å². The first-order valence-corrected chi connectivity index (χ1v) is 11.1. The fourth-order valence-corrected chi connectivity index (χ4v) is 2.78. The van der Waals surface area contributed by atoms with Crippen LogP contribution in [0, 0.1) is 0 Å². The van der Waals surface area contributed by atoms with E-state index in [9.17, 15) is 9.59 Å². The molecule has 5 heteroatoms. The number of rotatable bonds is 14. The molecule has 0 amide bonds. The molecule has 31 heavy (non-hydrogen) atoms. The molecule has 176 valence electrons. The Morgan fingerprint density at radius 2 is 1.00 bits per heavy atom. The van der Waals surface area contributed by atoms with Crippen molar-refractivity contribution in [1.29, 1.82) is 0 Å². The van der Waals surface area contributed by atoms with Crippen molar-refractivity contribution in [2.75, 3.05) is 40.4 Å². The van der Waals surface area contributed by atoms with Gasteiger partial charge in [-0.2, -0.15) is 0 Å². The van der Waals surface area contributed by atoms with Crippen LogP contribution in [0.15, 0.2) is 46.6 Å². The number of nitrogens with zero attached hydrogens (tertiary/aromatic N) is 1. The van der Waals surface area contributed by atoms with Crippen LogP contribution in [0.3, 0.4) is 0 Å². The maximum absolute atomic E-state index is 12.1. The van der Waals surface area contributed by atoms with E-state index in [1.165, 1.54) is 22.3 Å². The van der Waals surface area contributed by atoms with Crippen molar-refractivity contribution >= 4 is 11.9 Å². The Labute approximate surface area is 190 Å². The Balaban J connectivity index is 4.26. The first-order chi connectivity index (χ1) is 14.4. The van der Waals surface area contributed by atoms with Gasteiger partial charge in [0.1, 0.15) is 13.2 Å². The number of carbonyl (C=O) groups excluding carboxylic acids is 2. The lowest BCUT2D eigenvalue weighted by atomic mass is 10.1. The van der Waals surface area contributed by atoms with Crippen molar-refractivity contribution in [2.24, 2.45) is 0 Å². The van der Waals surface area contributed by atoms with Crippen LogP contribution in [0.2, 0.25) is 0 Å². The second kappa shape index (κ2) is 15.6. The summed E-state index contributed by atoms with van der Waals surface area (Å²) in [5.74, 6) is -0.637. The summed E-state index contributed by atoms with van der Waals surface area (Å²) < 4.78 is 10.8. The van der Waals surface area contributed by atoms with Crippen LogP contribution in [0.5, 0.6) is 0 Å². The minimum atomic E-state index is -0.318.